The Bertz CT molecular complexity index is 1690. The molecule has 0 radical (unpaired) electrons. The van der Waals surface area contributed by atoms with Gasteiger partial charge in [0.15, 0.2) is 11.6 Å². The average molecular weight is 723 g/mol. The first-order valence-corrected chi connectivity index (χ1v) is 17.7. The highest BCUT2D eigenvalue weighted by Crippen LogP contribution is 2.36. The van der Waals surface area contributed by atoms with Crippen molar-refractivity contribution >= 4 is 28.8 Å². The van der Waals surface area contributed by atoms with E-state index in [0.29, 0.717) is 6.42 Å². The molecule has 1 aliphatic rings. The molecular formula is C38H42O12S. The lowest BCUT2D eigenvalue weighted by Gasteiger charge is -2.39. The number of benzene rings is 4. The Labute approximate surface area is 298 Å². The van der Waals surface area contributed by atoms with E-state index >= 15 is 0 Å². The smallest absolute Gasteiger partial charge is 0.229 e. The maximum Gasteiger partial charge on any atom is 0.229 e. The van der Waals surface area contributed by atoms with Crippen molar-refractivity contribution < 1.29 is 59.4 Å². The molecule has 0 amide bonds. The summed E-state index contributed by atoms with van der Waals surface area (Å²) >= 11 is -0.611. The van der Waals surface area contributed by atoms with Crippen molar-refractivity contribution in [2.45, 2.75) is 43.5 Å². The summed E-state index contributed by atoms with van der Waals surface area (Å²) in [7, 11) is 0. The number of aliphatic hydroxyl groups is 4. The highest BCUT2D eigenvalue weighted by Gasteiger charge is 2.45. The van der Waals surface area contributed by atoms with E-state index in [2.05, 4.69) is 0 Å². The SMILES string of the molecule is C[S+](C)[O-].O=C(C=Cc1ccccc1)c1ccccc1.O=C(CCc1ccc(O)cc1)c1c(O)cc(O)cc1O[C@@H]1O[C@H](CO)[C@@H](O)[C@H](O)[C@H]1O. The fourth-order valence-corrected chi connectivity index (χ4v) is 4.73. The largest absolute Gasteiger partial charge is 0.617 e. The normalized spacial score (nSPS) is 19.7. The van der Waals surface area contributed by atoms with Gasteiger partial charge in [-0.3, -0.25) is 9.59 Å². The van der Waals surface area contributed by atoms with Gasteiger partial charge in [-0.1, -0.05) is 90.0 Å². The Morgan fingerprint density at radius 1 is 0.824 bits per heavy atom. The van der Waals surface area contributed by atoms with Gasteiger partial charge in [-0.25, -0.2) is 0 Å². The predicted molar refractivity (Wildman–Crippen MR) is 191 cm³/mol. The standard InChI is InChI=1S/C21H24O10.C15H12O.C2H6OS/c22-9-16-18(27)19(28)20(29)21(31-16)30-15-8-12(24)7-14(26)17(15)13(25)6-3-10-1-4-11(23)5-2-10;16-15(14-9-5-2-6-10-14)12-11-13-7-3-1-4-8-13;1-4(2)3/h1-2,4-5,7-8,16,18-24,26-29H,3,6,9H2;1-12H;1-2H3/t16-,18-,19+,20-,21-;;/m1../s1. The molecule has 12 nitrogen and oxygen atoms in total. The van der Waals surface area contributed by atoms with Gasteiger partial charge in [0.1, 0.15) is 53.0 Å². The molecule has 1 aliphatic heterocycles. The summed E-state index contributed by atoms with van der Waals surface area (Å²) in [6.45, 7) is -0.672. The third-order valence-corrected chi connectivity index (χ3v) is 7.30. The monoisotopic (exact) mass is 722 g/mol. The molecule has 1 fully saturated rings. The lowest BCUT2D eigenvalue weighted by Crippen LogP contribution is -2.60. The number of carbonyl (C=O) groups is 2. The first kappa shape index (κ1) is 40.7. The van der Waals surface area contributed by atoms with Crippen molar-refractivity contribution in [1.29, 1.82) is 0 Å². The highest BCUT2D eigenvalue weighted by atomic mass is 32.2. The minimum Gasteiger partial charge on any atom is -0.617 e. The van der Waals surface area contributed by atoms with E-state index < -0.39 is 65.8 Å². The Kier molecular flexibility index (Phi) is 16.1. The van der Waals surface area contributed by atoms with Crippen LogP contribution >= 0.6 is 0 Å². The molecule has 272 valence electrons. The van der Waals surface area contributed by atoms with Crippen LogP contribution in [0.2, 0.25) is 0 Å². The maximum atomic E-state index is 12.8. The lowest BCUT2D eigenvalue weighted by molar-refractivity contribution is -0.277. The van der Waals surface area contributed by atoms with E-state index in [0.717, 1.165) is 28.8 Å². The molecule has 4 aromatic carbocycles. The van der Waals surface area contributed by atoms with Crippen LogP contribution in [0, 0.1) is 0 Å². The number of Topliss-reactive ketones (excluding diaryl/α,β-unsaturated/α-hetero) is 1. The Morgan fingerprint density at radius 2 is 1.41 bits per heavy atom. The van der Waals surface area contributed by atoms with Gasteiger partial charge in [-0.15, -0.1) is 0 Å². The maximum absolute atomic E-state index is 12.8. The third-order valence-electron chi connectivity index (χ3n) is 7.30. The molecule has 5 rings (SSSR count). The quantitative estimate of drug-likeness (QED) is 0.0713. The predicted octanol–water partition coefficient (Wildman–Crippen LogP) is 3.38. The van der Waals surface area contributed by atoms with Crippen molar-refractivity contribution in [3.05, 3.63) is 125 Å². The second-order valence-corrected chi connectivity index (χ2v) is 12.9. The average Bonchev–Trinajstić information content (AvgIpc) is 3.11. The first-order valence-electron chi connectivity index (χ1n) is 15.7. The fraction of sp³-hybridized carbons (Fsp3) is 0.263. The van der Waals surface area contributed by atoms with Gasteiger partial charge in [0.05, 0.1) is 19.1 Å². The van der Waals surface area contributed by atoms with Crippen LogP contribution in [0.25, 0.3) is 6.08 Å². The van der Waals surface area contributed by atoms with E-state index in [-0.39, 0.29) is 29.3 Å². The third kappa shape index (κ3) is 12.8. The number of allylic oxidation sites excluding steroid dienone is 1. The number of phenols is 3. The van der Waals surface area contributed by atoms with Crippen LogP contribution in [0.1, 0.15) is 38.3 Å². The van der Waals surface area contributed by atoms with Crippen LogP contribution in [0.5, 0.6) is 23.0 Å². The number of aliphatic hydroxyl groups excluding tert-OH is 4. The molecule has 0 bridgehead atoms. The van der Waals surface area contributed by atoms with E-state index in [1.807, 2.05) is 66.7 Å². The summed E-state index contributed by atoms with van der Waals surface area (Å²) in [6.07, 6.45) is -0.905. The van der Waals surface area contributed by atoms with Gasteiger partial charge in [-0.05, 0) is 35.8 Å². The number of hydrogen-bond donors (Lipinski definition) is 7. The molecule has 13 heteroatoms. The zero-order valence-corrected chi connectivity index (χ0v) is 28.8. The molecule has 4 aromatic rings. The number of hydrogen-bond acceptors (Lipinski definition) is 12. The molecule has 1 heterocycles. The highest BCUT2D eigenvalue weighted by molar-refractivity contribution is 7.89. The van der Waals surface area contributed by atoms with Crippen LogP contribution in [0.15, 0.2) is 103 Å². The second kappa shape index (κ2) is 20.2. The van der Waals surface area contributed by atoms with E-state index in [1.54, 1.807) is 30.7 Å². The van der Waals surface area contributed by atoms with E-state index in [4.69, 9.17) is 9.47 Å². The Balaban J connectivity index is 0.000000291. The Hall–Kier alpha value is -4.73. The molecule has 0 aromatic heterocycles. The molecule has 0 unspecified atom stereocenters. The summed E-state index contributed by atoms with van der Waals surface area (Å²) in [5, 5.41) is 68.6. The summed E-state index contributed by atoms with van der Waals surface area (Å²) < 4.78 is 20.3. The summed E-state index contributed by atoms with van der Waals surface area (Å²) in [5.41, 5.74) is 2.25. The van der Waals surface area contributed by atoms with E-state index in [1.165, 1.54) is 12.1 Å². The molecule has 5 atom stereocenters. The van der Waals surface area contributed by atoms with Crippen molar-refractivity contribution in [2.75, 3.05) is 19.1 Å². The van der Waals surface area contributed by atoms with Crippen molar-refractivity contribution in [3.63, 3.8) is 0 Å². The van der Waals surface area contributed by atoms with E-state index in [9.17, 15) is 49.9 Å². The van der Waals surface area contributed by atoms with Crippen LogP contribution in [-0.2, 0) is 22.3 Å². The first-order chi connectivity index (χ1) is 24.3. The number of phenolic OH excluding ortho intramolecular Hbond substituents is 3. The topological polar surface area (TPSA) is 217 Å². The van der Waals surface area contributed by atoms with Crippen LogP contribution < -0.4 is 4.74 Å². The number of ether oxygens (including phenoxy) is 2. The molecule has 1 saturated heterocycles. The molecular weight excluding hydrogens is 680 g/mol. The molecule has 0 spiro atoms. The van der Waals surface area contributed by atoms with Gasteiger partial charge < -0.3 is 49.8 Å². The molecule has 51 heavy (non-hydrogen) atoms. The zero-order chi connectivity index (χ0) is 37.5. The van der Waals surface area contributed by atoms with Crippen molar-refractivity contribution in [2.24, 2.45) is 0 Å². The molecule has 0 saturated carbocycles. The summed E-state index contributed by atoms with van der Waals surface area (Å²) in [4.78, 5) is 24.5. The minimum absolute atomic E-state index is 0.0319. The van der Waals surface area contributed by atoms with Crippen LogP contribution in [0.4, 0.5) is 0 Å². The molecule has 7 N–H and O–H groups in total. The van der Waals surface area contributed by atoms with Crippen LogP contribution in [0.3, 0.4) is 0 Å². The fourth-order valence-electron chi connectivity index (χ4n) is 4.73. The number of aryl methyl sites for hydroxylation is 1. The van der Waals surface area contributed by atoms with Gasteiger partial charge >= 0.3 is 0 Å². The number of carbonyl (C=O) groups excluding carboxylic acids is 2. The summed E-state index contributed by atoms with van der Waals surface area (Å²) in [5.74, 6) is -1.71. The molecule has 0 aliphatic carbocycles. The number of ketones is 2. The van der Waals surface area contributed by atoms with Gasteiger partial charge in [-0.2, -0.15) is 0 Å². The summed E-state index contributed by atoms with van der Waals surface area (Å²) in [6, 6.07) is 27.3. The van der Waals surface area contributed by atoms with Gasteiger partial charge in [0.25, 0.3) is 0 Å². The zero-order valence-electron chi connectivity index (χ0n) is 28.0. The Morgan fingerprint density at radius 3 is 2.00 bits per heavy atom. The van der Waals surface area contributed by atoms with Gasteiger partial charge in [0.2, 0.25) is 6.29 Å². The van der Waals surface area contributed by atoms with Crippen LogP contribution in [-0.4, -0.2) is 102 Å². The van der Waals surface area contributed by atoms with Crippen molar-refractivity contribution in [1.82, 2.24) is 0 Å². The minimum atomic E-state index is -1.73. The second-order valence-electron chi connectivity index (χ2n) is 11.5. The van der Waals surface area contributed by atoms with Gasteiger partial charge in [0, 0.05) is 24.1 Å². The van der Waals surface area contributed by atoms with Crippen molar-refractivity contribution in [3.8, 4) is 23.0 Å². The number of rotatable bonds is 10. The lowest BCUT2D eigenvalue weighted by atomic mass is 9.99. The number of aromatic hydroxyl groups is 3.